The fraction of sp³-hybridized carbons (Fsp3) is 0.538. The number of hydrogen-bond acceptors (Lipinski definition) is 1. The van der Waals surface area contributed by atoms with Crippen LogP contribution in [0.1, 0.15) is 39.0 Å². The van der Waals surface area contributed by atoms with Crippen LogP contribution in [-0.2, 0) is 4.57 Å². The third-order valence-electron chi connectivity index (χ3n) is 2.51. The molecular formula is C13H20OP. The van der Waals surface area contributed by atoms with Crippen molar-refractivity contribution in [2.75, 3.05) is 6.16 Å². The van der Waals surface area contributed by atoms with Crippen molar-refractivity contribution in [1.29, 1.82) is 0 Å². The smallest absolute Gasteiger partial charge is 0.104 e. The van der Waals surface area contributed by atoms with E-state index in [-0.39, 0.29) is 0 Å². The van der Waals surface area contributed by atoms with Crippen LogP contribution in [0.15, 0.2) is 30.3 Å². The topological polar surface area (TPSA) is 17.1 Å². The lowest BCUT2D eigenvalue weighted by Crippen LogP contribution is -1.96. The molecule has 2 heteroatoms. The summed E-state index contributed by atoms with van der Waals surface area (Å²) in [6.07, 6.45) is 7.04. The van der Waals surface area contributed by atoms with Gasteiger partial charge >= 0.3 is 0 Å². The van der Waals surface area contributed by atoms with Crippen LogP contribution in [0.3, 0.4) is 0 Å². The lowest BCUT2D eigenvalue weighted by atomic mass is 10.2. The van der Waals surface area contributed by atoms with Crippen molar-refractivity contribution in [1.82, 2.24) is 0 Å². The van der Waals surface area contributed by atoms with Gasteiger partial charge in [0.25, 0.3) is 0 Å². The third-order valence-corrected chi connectivity index (χ3v) is 4.11. The Balaban J connectivity index is 2.20. The van der Waals surface area contributed by atoms with Gasteiger partial charge in [-0.15, -0.1) is 0 Å². The molecule has 1 atom stereocenters. The highest BCUT2D eigenvalue weighted by Crippen LogP contribution is 2.21. The van der Waals surface area contributed by atoms with Crippen molar-refractivity contribution in [2.45, 2.75) is 39.0 Å². The molecule has 0 amide bonds. The van der Waals surface area contributed by atoms with Gasteiger partial charge in [-0.05, 0) is 18.6 Å². The van der Waals surface area contributed by atoms with E-state index in [0.29, 0.717) is 0 Å². The van der Waals surface area contributed by atoms with Gasteiger partial charge in [0.2, 0.25) is 0 Å². The van der Waals surface area contributed by atoms with Gasteiger partial charge in [0.15, 0.2) is 0 Å². The highest BCUT2D eigenvalue weighted by atomic mass is 31.1. The summed E-state index contributed by atoms with van der Waals surface area (Å²) in [5, 5.41) is 1.00. The van der Waals surface area contributed by atoms with Gasteiger partial charge in [-0.3, -0.25) is 4.57 Å². The normalized spacial score (nSPS) is 11.4. The maximum atomic E-state index is 11.8. The molecule has 1 radical (unpaired) electrons. The maximum Gasteiger partial charge on any atom is 0.104 e. The maximum absolute atomic E-state index is 11.8. The monoisotopic (exact) mass is 223 g/mol. The lowest BCUT2D eigenvalue weighted by Gasteiger charge is -2.01. The molecule has 0 saturated carbocycles. The standard InChI is InChI=1S/C13H20OP/c1-2-3-4-5-9-12-15(14)13-10-7-6-8-11-13/h6-8,10-11H,2-5,9,12H2,1H3. The Morgan fingerprint density at radius 2 is 1.67 bits per heavy atom. The Morgan fingerprint density at radius 3 is 2.33 bits per heavy atom. The molecule has 0 heterocycles. The van der Waals surface area contributed by atoms with Crippen molar-refractivity contribution in [3.8, 4) is 0 Å². The van der Waals surface area contributed by atoms with Gasteiger partial charge in [-0.25, -0.2) is 0 Å². The Morgan fingerprint density at radius 1 is 1.00 bits per heavy atom. The molecule has 0 bridgehead atoms. The molecule has 0 aromatic heterocycles. The summed E-state index contributed by atoms with van der Waals surface area (Å²) >= 11 is 0. The predicted octanol–water partition coefficient (Wildman–Crippen LogP) is 4.11. The molecule has 15 heavy (non-hydrogen) atoms. The van der Waals surface area contributed by atoms with Crippen LogP contribution in [0.2, 0.25) is 0 Å². The Bertz CT molecular complexity index is 282. The van der Waals surface area contributed by atoms with Crippen molar-refractivity contribution in [2.24, 2.45) is 0 Å². The van der Waals surface area contributed by atoms with Crippen LogP contribution in [0.4, 0.5) is 0 Å². The van der Waals surface area contributed by atoms with E-state index < -0.39 is 7.80 Å². The van der Waals surface area contributed by atoms with Crippen molar-refractivity contribution in [3.05, 3.63) is 30.3 Å². The largest absolute Gasteiger partial charge is 0.282 e. The fourth-order valence-electron chi connectivity index (χ4n) is 1.58. The first-order valence-electron chi connectivity index (χ1n) is 5.84. The van der Waals surface area contributed by atoms with E-state index in [4.69, 9.17) is 0 Å². The Labute approximate surface area is 93.7 Å². The molecule has 0 spiro atoms. The second kappa shape index (κ2) is 7.59. The molecule has 1 unspecified atom stereocenters. The van der Waals surface area contributed by atoms with Crippen LogP contribution in [0.5, 0.6) is 0 Å². The second-order valence-corrected chi connectivity index (χ2v) is 5.57. The van der Waals surface area contributed by atoms with E-state index >= 15 is 0 Å². The van der Waals surface area contributed by atoms with Crippen LogP contribution in [0, 0.1) is 0 Å². The van der Waals surface area contributed by atoms with Gasteiger partial charge in [-0.2, -0.15) is 0 Å². The minimum Gasteiger partial charge on any atom is -0.282 e. The van der Waals surface area contributed by atoms with E-state index in [0.717, 1.165) is 17.9 Å². The average Bonchev–Trinajstić information content (AvgIpc) is 2.30. The van der Waals surface area contributed by atoms with Crippen molar-refractivity contribution >= 4 is 13.1 Å². The third kappa shape index (κ3) is 5.09. The van der Waals surface area contributed by atoms with Gasteiger partial charge in [0.05, 0.1) is 0 Å². The zero-order chi connectivity index (χ0) is 10.9. The highest BCUT2D eigenvalue weighted by Gasteiger charge is 2.02. The quantitative estimate of drug-likeness (QED) is 0.502. The molecule has 0 saturated heterocycles. The number of unbranched alkanes of at least 4 members (excludes halogenated alkanes) is 4. The van der Waals surface area contributed by atoms with Crippen LogP contribution < -0.4 is 5.30 Å². The summed E-state index contributed by atoms with van der Waals surface area (Å²) in [4.78, 5) is 0. The molecule has 0 aliphatic carbocycles. The number of rotatable bonds is 7. The van der Waals surface area contributed by atoms with Crippen molar-refractivity contribution in [3.63, 3.8) is 0 Å². The van der Waals surface area contributed by atoms with Crippen LogP contribution in [-0.4, -0.2) is 6.16 Å². The summed E-state index contributed by atoms with van der Waals surface area (Å²) < 4.78 is 11.8. The predicted molar refractivity (Wildman–Crippen MR) is 67.3 cm³/mol. The van der Waals surface area contributed by atoms with Crippen LogP contribution in [0.25, 0.3) is 0 Å². The zero-order valence-electron chi connectivity index (χ0n) is 9.48. The molecule has 0 N–H and O–H groups in total. The molecule has 0 fully saturated rings. The highest BCUT2D eigenvalue weighted by molar-refractivity contribution is 7.53. The minimum atomic E-state index is -1.15. The molecule has 1 nitrogen and oxygen atoms in total. The van der Waals surface area contributed by atoms with Gasteiger partial charge < -0.3 is 0 Å². The first-order valence-corrected chi connectivity index (χ1v) is 7.29. The molecule has 1 aromatic rings. The van der Waals surface area contributed by atoms with Gasteiger partial charge in [0, 0.05) is 11.5 Å². The first-order chi connectivity index (χ1) is 7.34. The second-order valence-electron chi connectivity index (χ2n) is 3.85. The summed E-state index contributed by atoms with van der Waals surface area (Å²) in [6.45, 7) is 2.21. The summed E-state index contributed by atoms with van der Waals surface area (Å²) in [5.74, 6) is 0. The molecule has 0 aliphatic rings. The van der Waals surface area contributed by atoms with E-state index in [2.05, 4.69) is 6.92 Å². The van der Waals surface area contributed by atoms with Gasteiger partial charge in [-0.1, -0.05) is 50.8 Å². The molecule has 1 rings (SSSR count). The van der Waals surface area contributed by atoms with Crippen LogP contribution >= 0.6 is 7.80 Å². The number of benzene rings is 1. The van der Waals surface area contributed by atoms with E-state index in [9.17, 15) is 4.57 Å². The minimum absolute atomic E-state index is 0.850. The van der Waals surface area contributed by atoms with Gasteiger partial charge in [0.1, 0.15) is 7.80 Å². The Kier molecular flexibility index (Phi) is 6.27. The zero-order valence-corrected chi connectivity index (χ0v) is 10.4. The molecule has 1 aromatic carbocycles. The van der Waals surface area contributed by atoms with Crippen molar-refractivity contribution < 1.29 is 4.57 Å². The molecular weight excluding hydrogens is 203 g/mol. The summed E-state index contributed by atoms with van der Waals surface area (Å²) in [5.41, 5.74) is 0. The fourth-order valence-corrected chi connectivity index (χ4v) is 2.86. The molecule has 83 valence electrons. The summed E-state index contributed by atoms with van der Waals surface area (Å²) in [7, 11) is -1.15. The molecule has 0 aliphatic heterocycles. The Hall–Kier alpha value is -0.680. The van der Waals surface area contributed by atoms with E-state index in [1.165, 1.54) is 25.7 Å². The summed E-state index contributed by atoms with van der Waals surface area (Å²) in [6, 6.07) is 9.81. The average molecular weight is 223 g/mol. The first kappa shape index (κ1) is 12.4. The number of hydrogen-bond donors (Lipinski definition) is 0. The van der Waals surface area contributed by atoms with E-state index in [1.807, 2.05) is 30.3 Å². The van der Waals surface area contributed by atoms with E-state index in [1.54, 1.807) is 0 Å². The lowest BCUT2D eigenvalue weighted by molar-refractivity contribution is 0.588. The SMILES string of the molecule is CCCCCCC[P](=O)c1ccccc1.